The van der Waals surface area contributed by atoms with Gasteiger partial charge < -0.3 is 19.6 Å². The summed E-state index contributed by atoms with van der Waals surface area (Å²) in [6.07, 6.45) is 2.65. The number of hydrogen-bond acceptors (Lipinski definition) is 6. The molecule has 3 heterocycles. The third-order valence-corrected chi connectivity index (χ3v) is 6.77. The first-order chi connectivity index (χ1) is 14.7. The molecule has 0 aromatic carbocycles. The Balaban J connectivity index is 0.000000339. The van der Waals surface area contributed by atoms with Crippen molar-refractivity contribution in [2.45, 2.75) is 50.3 Å². The first-order valence-corrected chi connectivity index (χ1v) is 11.5. The van der Waals surface area contributed by atoms with Crippen molar-refractivity contribution in [2.24, 2.45) is 5.92 Å². The molecule has 31 heavy (non-hydrogen) atoms. The van der Waals surface area contributed by atoms with Gasteiger partial charge in [0, 0.05) is 31.6 Å². The SMILES string of the molecule is O=C(O)C(F)(F)F.O=C(c1cscn1)N1CCOC2(CCN(CC3CCCC3)CC2)C1. The van der Waals surface area contributed by atoms with E-state index in [0.29, 0.717) is 18.8 Å². The minimum absolute atomic E-state index is 0.0623. The fourth-order valence-electron chi connectivity index (χ4n) is 4.50. The summed E-state index contributed by atoms with van der Waals surface area (Å²) in [5, 5.41) is 8.97. The number of amides is 1. The van der Waals surface area contributed by atoms with Crippen LogP contribution >= 0.6 is 11.3 Å². The van der Waals surface area contributed by atoms with Crippen molar-refractivity contribution in [3.8, 4) is 0 Å². The van der Waals surface area contributed by atoms with Gasteiger partial charge in [-0.05, 0) is 31.6 Å². The number of piperidine rings is 1. The zero-order valence-electron chi connectivity index (χ0n) is 17.3. The van der Waals surface area contributed by atoms with Crippen LogP contribution in [0.1, 0.15) is 49.0 Å². The highest BCUT2D eigenvalue weighted by atomic mass is 32.1. The van der Waals surface area contributed by atoms with Crippen molar-refractivity contribution >= 4 is 23.2 Å². The van der Waals surface area contributed by atoms with Crippen LogP contribution in [0.5, 0.6) is 0 Å². The lowest BCUT2D eigenvalue weighted by molar-refractivity contribution is -0.192. The minimum Gasteiger partial charge on any atom is -0.475 e. The molecule has 1 aromatic heterocycles. The first-order valence-electron chi connectivity index (χ1n) is 10.5. The van der Waals surface area contributed by atoms with Crippen LogP contribution in [0.2, 0.25) is 0 Å². The number of alkyl halides is 3. The summed E-state index contributed by atoms with van der Waals surface area (Å²) in [4.78, 5) is 30.2. The zero-order chi connectivity index (χ0) is 22.5. The monoisotopic (exact) mass is 463 g/mol. The van der Waals surface area contributed by atoms with Gasteiger partial charge in [0.15, 0.2) is 0 Å². The van der Waals surface area contributed by atoms with Gasteiger partial charge >= 0.3 is 12.1 Å². The number of likely N-dealkylation sites (tertiary alicyclic amines) is 1. The maximum Gasteiger partial charge on any atom is 0.490 e. The molecule has 0 radical (unpaired) electrons. The Morgan fingerprint density at radius 3 is 2.42 bits per heavy atom. The van der Waals surface area contributed by atoms with E-state index in [0.717, 1.165) is 38.4 Å². The molecular weight excluding hydrogens is 435 g/mol. The number of carboxylic acid groups (broad SMARTS) is 1. The molecule has 2 aliphatic heterocycles. The third kappa shape index (κ3) is 6.63. The van der Waals surface area contributed by atoms with Gasteiger partial charge in [0.25, 0.3) is 5.91 Å². The summed E-state index contributed by atoms with van der Waals surface area (Å²) in [6.45, 7) is 5.53. The number of ether oxygens (including phenoxy) is 1. The van der Waals surface area contributed by atoms with Crippen LogP contribution in [0.15, 0.2) is 10.9 Å². The predicted molar refractivity (Wildman–Crippen MR) is 108 cm³/mol. The smallest absolute Gasteiger partial charge is 0.475 e. The molecule has 3 aliphatic rings. The van der Waals surface area contributed by atoms with Gasteiger partial charge in [-0.1, -0.05) is 12.8 Å². The Bertz CT molecular complexity index is 731. The molecular formula is C20H28F3N3O4S. The molecule has 7 nitrogen and oxygen atoms in total. The zero-order valence-corrected chi connectivity index (χ0v) is 18.1. The number of rotatable bonds is 3. The number of halogens is 3. The maximum absolute atomic E-state index is 12.6. The van der Waals surface area contributed by atoms with Crippen LogP contribution in [0.25, 0.3) is 0 Å². The van der Waals surface area contributed by atoms with Crippen LogP contribution in [0.4, 0.5) is 13.2 Å². The molecule has 11 heteroatoms. The number of carbonyl (C=O) groups is 2. The van der Waals surface area contributed by atoms with Crippen LogP contribution in [0.3, 0.4) is 0 Å². The van der Waals surface area contributed by atoms with Crippen LogP contribution in [-0.4, -0.2) is 82.9 Å². The van der Waals surface area contributed by atoms with Crippen LogP contribution in [0, 0.1) is 5.92 Å². The third-order valence-electron chi connectivity index (χ3n) is 6.19. The summed E-state index contributed by atoms with van der Waals surface area (Å²) in [6, 6.07) is 0. The van der Waals surface area contributed by atoms with Crippen molar-refractivity contribution in [3.05, 3.63) is 16.6 Å². The Labute approximate surface area is 183 Å². The van der Waals surface area contributed by atoms with E-state index >= 15 is 0 Å². The molecule has 2 saturated heterocycles. The van der Waals surface area contributed by atoms with Crippen LogP contribution in [-0.2, 0) is 9.53 Å². The van der Waals surface area contributed by atoms with E-state index in [-0.39, 0.29) is 11.5 Å². The van der Waals surface area contributed by atoms with Crippen molar-refractivity contribution in [2.75, 3.05) is 39.3 Å². The Kier molecular flexibility index (Phi) is 7.92. The number of carbonyl (C=O) groups excluding carboxylic acids is 1. The normalized spacial score (nSPS) is 22.2. The molecule has 1 aromatic rings. The topological polar surface area (TPSA) is 83.0 Å². The second-order valence-electron chi connectivity index (χ2n) is 8.39. The average Bonchev–Trinajstić information content (AvgIpc) is 3.43. The second kappa shape index (κ2) is 10.3. The number of aliphatic carboxylic acids is 1. The van der Waals surface area contributed by atoms with Crippen LogP contribution < -0.4 is 0 Å². The molecule has 1 amide bonds. The largest absolute Gasteiger partial charge is 0.490 e. The van der Waals surface area contributed by atoms with E-state index in [4.69, 9.17) is 14.6 Å². The second-order valence-corrected chi connectivity index (χ2v) is 9.10. The number of thiazole rings is 1. The first kappa shape index (κ1) is 23.9. The fraction of sp³-hybridized carbons (Fsp3) is 0.750. The molecule has 1 spiro atoms. The van der Waals surface area contributed by atoms with Crippen molar-refractivity contribution in [3.63, 3.8) is 0 Å². The van der Waals surface area contributed by atoms with Gasteiger partial charge in [-0.25, -0.2) is 9.78 Å². The summed E-state index contributed by atoms with van der Waals surface area (Å²) in [7, 11) is 0. The summed E-state index contributed by atoms with van der Waals surface area (Å²) < 4.78 is 37.9. The molecule has 0 atom stereocenters. The Hall–Kier alpha value is -1.72. The van der Waals surface area contributed by atoms with Crippen molar-refractivity contribution < 1.29 is 32.6 Å². The maximum atomic E-state index is 12.6. The van der Waals surface area contributed by atoms with Gasteiger partial charge in [-0.15, -0.1) is 11.3 Å². The Morgan fingerprint density at radius 2 is 1.87 bits per heavy atom. The van der Waals surface area contributed by atoms with Crippen molar-refractivity contribution in [1.82, 2.24) is 14.8 Å². The lowest BCUT2D eigenvalue weighted by Crippen LogP contribution is -2.58. The number of morpholine rings is 1. The van der Waals surface area contributed by atoms with Crippen molar-refractivity contribution in [1.29, 1.82) is 0 Å². The molecule has 3 fully saturated rings. The molecule has 1 N–H and O–H groups in total. The summed E-state index contributed by atoms with van der Waals surface area (Å²) in [5.41, 5.74) is 2.18. The summed E-state index contributed by atoms with van der Waals surface area (Å²) in [5.74, 6) is -1.78. The molecule has 0 unspecified atom stereocenters. The predicted octanol–water partition coefficient (Wildman–Crippen LogP) is 3.27. The lowest BCUT2D eigenvalue weighted by atomic mass is 9.88. The van der Waals surface area contributed by atoms with Gasteiger partial charge in [-0.3, -0.25) is 4.79 Å². The fourth-order valence-corrected chi connectivity index (χ4v) is 5.03. The van der Waals surface area contributed by atoms with E-state index in [1.807, 2.05) is 10.3 Å². The van der Waals surface area contributed by atoms with Gasteiger partial charge in [-0.2, -0.15) is 13.2 Å². The van der Waals surface area contributed by atoms with E-state index in [2.05, 4.69) is 9.88 Å². The standard InChI is InChI=1S/C18H27N3O2S.C2HF3O2/c22-17(16-12-24-14-19-16)21-9-10-23-18(13-21)5-7-20(8-6-18)11-15-3-1-2-4-15;3-2(4,5)1(6)7/h12,14-15H,1-11,13H2;(H,6,7). The molecule has 174 valence electrons. The number of aromatic nitrogens is 1. The average molecular weight is 464 g/mol. The summed E-state index contributed by atoms with van der Waals surface area (Å²) >= 11 is 1.48. The number of carboxylic acids is 1. The highest BCUT2D eigenvalue weighted by Crippen LogP contribution is 2.32. The highest BCUT2D eigenvalue weighted by Gasteiger charge is 2.41. The molecule has 1 aliphatic carbocycles. The highest BCUT2D eigenvalue weighted by molar-refractivity contribution is 7.07. The van der Waals surface area contributed by atoms with Gasteiger partial charge in [0.2, 0.25) is 0 Å². The molecule has 1 saturated carbocycles. The quantitative estimate of drug-likeness (QED) is 0.741. The molecule has 4 rings (SSSR count). The van der Waals surface area contributed by atoms with Gasteiger partial charge in [0.05, 0.1) is 24.3 Å². The number of hydrogen-bond donors (Lipinski definition) is 1. The van der Waals surface area contributed by atoms with E-state index < -0.39 is 12.1 Å². The molecule has 0 bridgehead atoms. The van der Waals surface area contributed by atoms with E-state index in [9.17, 15) is 18.0 Å². The Morgan fingerprint density at radius 1 is 1.23 bits per heavy atom. The minimum atomic E-state index is -5.08. The lowest BCUT2D eigenvalue weighted by Gasteiger charge is -2.47. The van der Waals surface area contributed by atoms with E-state index in [1.54, 1.807) is 5.51 Å². The number of nitrogens with zero attached hydrogens (tertiary/aromatic N) is 3. The van der Waals surface area contributed by atoms with E-state index in [1.165, 1.54) is 43.6 Å². The van der Waals surface area contributed by atoms with Gasteiger partial charge in [0.1, 0.15) is 5.69 Å².